The molecule has 0 amide bonds. The highest BCUT2D eigenvalue weighted by Crippen LogP contribution is 2.36. The van der Waals surface area contributed by atoms with Gasteiger partial charge in [0.05, 0.1) is 12.7 Å². The van der Waals surface area contributed by atoms with Crippen molar-refractivity contribution in [3.05, 3.63) is 0 Å². The van der Waals surface area contributed by atoms with E-state index in [1.807, 2.05) is 0 Å². The van der Waals surface area contributed by atoms with Crippen LogP contribution in [0.4, 0.5) is 0 Å². The van der Waals surface area contributed by atoms with Crippen LogP contribution < -0.4 is 5.32 Å². The molecular formula is C15H32N2O2. The number of methoxy groups -OCH3 is 1. The van der Waals surface area contributed by atoms with Gasteiger partial charge >= 0.3 is 0 Å². The van der Waals surface area contributed by atoms with Crippen molar-refractivity contribution in [2.24, 2.45) is 5.41 Å². The highest BCUT2D eigenvalue weighted by Gasteiger charge is 2.29. The lowest BCUT2D eigenvalue weighted by atomic mass is 9.75. The Labute approximate surface area is 118 Å². The predicted molar refractivity (Wildman–Crippen MR) is 79.4 cm³/mol. The maximum Gasteiger partial charge on any atom is 0.0791 e. The van der Waals surface area contributed by atoms with Gasteiger partial charge in [0, 0.05) is 32.8 Å². The van der Waals surface area contributed by atoms with Gasteiger partial charge in [-0.1, -0.05) is 13.8 Å². The normalized spacial score (nSPS) is 21.8. The number of likely N-dealkylation sites (N-methyl/N-ethyl adjacent to an activating group) is 1. The molecule has 0 radical (unpaired) electrons. The molecule has 4 nitrogen and oxygen atoms in total. The van der Waals surface area contributed by atoms with Crippen molar-refractivity contribution in [1.29, 1.82) is 0 Å². The minimum Gasteiger partial charge on any atom is -0.390 e. The van der Waals surface area contributed by atoms with Crippen LogP contribution in [-0.4, -0.2) is 62.6 Å². The van der Waals surface area contributed by atoms with Crippen LogP contribution in [0.15, 0.2) is 0 Å². The molecule has 1 fully saturated rings. The third kappa shape index (κ3) is 6.70. The Bertz CT molecular complexity index is 236. The molecule has 0 bridgehead atoms. The number of hydrogen-bond acceptors (Lipinski definition) is 4. The zero-order chi connectivity index (χ0) is 14.3. The second kappa shape index (κ2) is 8.20. The summed E-state index contributed by atoms with van der Waals surface area (Å²) in [5.74, 6) is 0. The third-order valence-electron chi connectivity index (χ3n) is 4.29. The molecule has 1 aliphatic carbocycles. The Balaban J connectivity index is 2.17. The van der Waals surface area contributed by atoms with Crippen molar-refractivity contribution in [2.75, 3.05) is 40.4 Å². The molecule has 19 heavy (non-hydrogen) atoms. The largest absolute Gasteiger partial charge is 0.390 e. The van der Waals surface area contributed by atoms with Crippen molar-refractivity contribution in [3.63, 3.8) is 0 Å². The van der Waals surface area contributed by atoms with E-state index in [0.717, 1.165) is 13.1 Å². The van der Waals surface area contributed by atoms with Crippen LogP contribution in [-0.2, 0) is 4.74 Å². The molecule has 0 spiro atoms. The summed E-state index contributed by atoms with van der Waals surface area (Å²) in [6.45, 7) is 7.61. The van der Waals surface area contributed by atoms with Gasteiger partial charge < -0.3 is 20.1 Å². The summed E-state index contributed by atoms with van der Waals surface area (Å²) < 4.78 is 4.96. The smallest absolute Gasteiger partial charge is 0.0791 e. The molecule has 1 unspecified atom stereocenters. The molecule has 114 valence electrons. The first-order valence-electron chi connectivity index (χ1n) is 7.52. The van der Waals surface area contributed by atoms with E-state index in [9.17, 15) is 5.11 Å². The monoisotopic (exact) mass is 272 g/mol. The lowest BCUT2D eigenvalue weighted by Crippen LogP contribution is -2.43. The van der Waals surface area contributed by atoms with Gasteiger partial charge in [0.25, 0.3) is 0 Å². The topological polar surface area (TPSA) is 44.7 Å². The fourth-order valence-corrected chi connectivity index (χ4v) is 2.81. The van der Waals surface area contributed by atoms with Crippen LogP contribution in [0.3, 0.4) is 0 Å². The molecule has 0 saturated heterocycles. The fourth-order valence-electron chi connectivity index (χ4n) is 2.81. The molecule has 0 aromatic heterocycles. The fraction of sp³-hybridized carbons (Fsp3) is 1.00. The molecule has 1 saturated carbocycles. The van der Waals surface area contributed by atoms with Gasteiger partial charge in [-0.3, -0.25) is 0 Å². The standard InChI is InChI=1S/C15H32N2O2/c1-15(2)7-5-13(6-8-15)17(3)12-14(18)11-16-9-10-19-4/h13-14,16,18H,5-12H2,1-4H3. The summed E-state index contributed by atoms with van der Waals surface area (Å²) in [5, 5.41) is 13.2. The van der Waals surface area contributed by atoms with E-state index in [2.05, 4.69) is 31.1 Å². The van der Waals surface area contributed by atoms with Crippen molar-refractivity contribution >= 4 is 0 Å². The van der Waals surface area contributed by atoms with Gasteiger partial charge in [-0.15, -0.1) is 0 Å². The van der Waals surface area contributed by atoms with Crippen molar-refractivity contribution in [3.8, 4) is 0 Å². The first-order valence-corrected chi connectivity index (χ1v) is 7.52. The first-order chi connectivity index (χ1) is 8.94. The molecule has 4 heteroatoms. The highest BCUT2D eigenvalue weighted by molar-refractivity contribution is 4.83. The summed E-state index contributed by atoms with van der Waals surface area (Å²) in [5.41, 5.74) is 0.512. The zero-order valence-corrected chi connectivity index (χ0v) is 13.1. The Hall–Kier alpha value is -0.160. The Morgan fingerprint density at radius 1 is 1.37 bits per heavy atom. The highest BCUT2D eigenvalue weighted by atomic mass is 16.5. The van der Waals surface area contributed by atoms with Crippen LogP contribution in [0.25, 0.3) is 0 Å². The number of aliphatic hydroxyl groups excluding tert-OH is 1. The van der Waals surface area contributed by atoms with Crippen molar-refractivity contribution in [1.82, 2.24) is 10.2 Å². The number of hydrogen-bond donors (Lipinski definition) is 2. The second-order valence-corrected chi connectivity index (χ2v) is 6.69. The number of rotatable bonds is 8. The average molecular weight is 272 g/mol. The molecule has 1 aliphatic rings. The van der Waals surface area contributed by atoms with E-state index >= 15 is 0 Å². The van der Waals surface area contributed by atoms with Gasteiger partial charge in [0.2, 0.25) is 0 Å². The van der Waals surface area contributed by atoms with Crippen LogP contribution >= 0.6 is 0 Å². The maximum absolute atomic E-state index is 10.0. The molecule has 0 aromatic carbocycles. The molecular weight excluding hydrogens is 240 g/mol. The van der Waals surface area contributed by atoms with E-state index in [0.29, 0.717) is 24.6 Å². The van der Waals surface area contributed by atoms with Gasteiger partial charge in [-0.25, -0.2) is 0 Å². The Morgan fingerprint density at radius 2 is 2.00 bits per heavy atom. The molecule has 0 aromatic rings. The summed E-state index contributed by atoms with van der Waals surface area (Å²) in [6, 6.07) is 0.640. The van der Waals surface area contributed by atoms with Crippen LogP contribution in [0.1, 0.15) is 39.5 Å². The first kappa shape index (κ1) is 16.9. The second-order valence-electron chi connectivity index (χ2n) is 6.69. The summed E-state index contributed by atoms with van der Waals surface area (Å²) in [6.07, 6.45) is 4.81. The Morgan fingerprint density at radius 3 is 2.58 bits per heavy atom. The summed E-state index contributed by atoms with van der Waals surface area (Å²) >= 11 is 0. The van der Waals surface area contributed by atoms with Gasteiger partial charge in [-0.2, -0.15) is 0 Å². The minimum absolute atomic E-state index is 0.295. The lowest BCUT2D eigenvalue weighted by Gasteiger charge is -2.39. The van der Waals surface area contributed by atoms with Gasteiger partial charge in [0.1, 0.15) is 0 Å². The molecule has 1 atom stereocenters. The molecule has 0 heterocycles. The lowest BCUT2D eigenvalue weighted by molar-refractivity contribution is 0.0712. The predicted octanol–water partition coefficient (Wildman–Crippen LogP) is 1.48. The van der Waals surface area contributed by atoms with Crippen molar-refractivity contribution < 1.29 is 9.84 Å². The average Bonchev–Trinajstić information content (AvgIpc) is 2.34. The van der Waals surface area contributed by atoms with Crippen molar-refractivity contribution in [2.45, 2.75) is 51.7 Å². The van der Waals surface area contributed by atoms with Crippen LogP contribution in [0.5, 0.6) is 0 Å². The van der Waals surface area contributed by atoms with E-state index in [4.69, 9.17) is 4.74 Å². The third-order valence-corrected chi connectivity index (χ3v) is 4.29. The van der Waals surface area contributed by atoms with Crippen LogP contribution in [0, 0.1) is 5.41 Å². The van der Waals surface area contributed by atoms with Gasteiger partial charge in [0.15, 0.2) is 0 Å². The van der Waals surface area contributed by atoms with E-state index in [1.165, 1.54) is 25.7 Å². The van der Waals surface area contributed by atoms with E-state index in [-0.39, 0.29) is 6.10 Å². The quantitative estimate of drug-likeness (QED) is 0.657. The zero-order valence-electron chi connectivity index (χ0n) is 13.1. The van der Waals surface area contributed by atoms with Gasteiger partial charge in [-0.05, 0) is 38.1 Å². The molecule has 2 N–H and O–H groups in total. The summed E-state index contributed by atoms with van der Waals surface area (Å²) in [7, 11) is 3.83. The Kier molecular flexibility index (Phi) is 7.29. The summed E-state index contributed by atoms with van der Waals surface area (Å²) in [4.78, 5) is 2.33. The van der Waals surface area contributed by atoms with E-state index in [1.54, 1.807) is 7.11 Å². The SMILES string of the molecule is COCCNCC(O)CN(C)C1CCC(C)(C)CC1. The number of nitrogens with zero attached hydrogens (tertiary/aromatic N) is 1. The minimum atomic E-state index is -0.295. The van der Waals surface area contributed by atoms with E-state index < -0.39 is 0 Å². The number of ether oxygens (including phenoxy) is 1. The maximum atomic E-state index is 10.0. The number of nitrogens with one attached hydrogen (secondary N) is 1. The van der Waals surface area contributed by atoms with Crippen LogP contribution in [0.2, 0.25) is 0 Å². The molecule has 0 aliphatic heterocycles. The molecule has 1 rings (SSSR count). The number of aliphatic hydroxyl groups is 1.